The molecular weight excluding hydrogens is 288 g/mol. The van der Waals surface area contributed by atoms with Crippen LogP contribution >= 0.6 is 15.9 Å². The lowest BCUT2D eigenvalue weighted by Gasteiger charge is -2.11. The Labute approximate surface area is 106 Å². The maximum atomic E-state index is 5.68. The van der Waals surface area contributed by atoms with Gasteiger partial charge in [-0.1, -0.05) is 0 Å². The Kier molecular flexibility index (Phi) is 2.94. The van der Waals surface area contributed by atoms with Crippen LogP contribution in [-0.2, 0) is 4.74 Å². The molecule has 0 saturated carbocycles. The molecule has 0 aromatic carbocycles. The molecule has 0 N–H and O–H groups in total. The van der Waals surface area contributed by atoms with E-state index in [0.29, 0.717) is 22.7 Å². The lowest BCUT2D eigenvalue weighted by atomic mass is 10.2. The van der Waals surface area contributed by atoms with Crippen molar-refractivity contribution in [2.24, 2.45) is 0 Å². The largest absolute Gasteiger partial charge is 0.485 e. The van der Waals surface area contributed by atoms with E-state index in [1.807, 2.05) is 0 Å². The molecule has 1 saturated heterocycles. The minimum Gasteiger partial charge on any atom is -0.485 e. The summed E-state index contributed by atoms with van der Waals surface area (Å²) in [6, 6.07) is 0. The lowest BCUT2D eigenvalue weighted by molar-refractivity contribution is 0.0681. The SMILES string of the molecule is Brc1ncc(OCC2CCCO2)c2nncn12. The normalized spacial score (nSPS) is 19.9. The van der Waals surface area contributed by atoms with Crippen molar-refractivity contribution in [2.45, 2.75) is 18.9 Å². The summed E-state index contributed by atoms with van der Waals surface area (Å²) in [4.78, 5) is 4.16. The molecule has 0 radical (unpaired) electrons. The van der Waals surface area contributed by atoms with E-state index in [1.165, 1.54) is 0 Å². The van der Waals surface area contributed by atoms with Gasteiger partial charge in [0.25, 0.3) is 0 Å². The Bertz CT molecular complexity index is 524. The van der Waals surface area contributed by atoms with Crippen LogP contribution < -0.4 is 4.74 Å². The van der Waals surface area contributed by atoms with E-state index < -0.39 is 0 Å². The third kappa shape index (κ3) is 2.12. The molecule has 0 aliphatic carbocycles. The average molecular weight is 299 g/mol. The summed E-state index contributed by atoms with van der Waals surface area (Å²) in [5.41, 5.74) is 0.657. The average Bonchev–Trinajstić information content (AvgIpc) is 2.99. The van der Waals surface area contributed by atoms with Gasteiger partial charge in [-0.05, 0) is 28.8 Å². The molecular formula is C10H11BrN4O2. The van der Waals surface area contributed by atoms with E-state index in [-0.39, 0.29) is 6.10 Å². The third-order valence-corrected chi connectivity index (χ3v) is 3.29. The first-order valence-corrected chi connectivity index (χ1v) is 6.22. The first-order chi connectivity index (χ1) is 8.34. The van der Waals surface area contributed by atoms with Crippen LogP contribution in [0, 0.1) is 0 Å². The zero-order chi connectivity index (χ0) is 11.7. The van der Waals surface area contributed by atoms with Gasteiger partial charge in [0.15, 0.2) is 10.5 Å². The van der Waals surface area contributed by atoms with Gasteiger partial charge in [-0.2, -0.15) is 0 Å². The van der Waals surface area contributed by atoms with Gasteiger partial charge in [-0.25, -0.2) is 4.98 Å². The molecule has 0 spiro atoms. The number of hydrogen-bond acceptors (Lipinski definition) is 5. The van der Waals surface area contributed by atoms with Crippen LogP contribution in [0.15, 0.2) is 17.3 Å². The molecule has 1 aliphatic rings. The Hall–Kier alpha value is -1.21. The van der Waals surface area contributed by atoms with Gasteiger partial charge in [-0.15, -0.1) is 10.2 Å². The maximum absolute atomic E-state index is 5.68. The number of aromatic nitrogens is 4. The molecule has 3 heterocycles. The predicted octanol–water partition coefficient (Wildman–Crippen LogP) is 1.44. The molecule has 90 valence electrons. The zero-order valence-corrected chi connectivity index (χ0v) is 10.6. The molecule has 1 unspecified atom stereocenters. The molecule has 0 amide bonds. The molecule has 2 aromatic rings. The summed E-state index contributed by atoms with van der Waals surface area (Å²) >= 11 is 3.32. The van der Waals surface area contributed by atoms with Crippen LogP contribution in [0.4, 0.5) is 0 Å². The van der Waals surface area contributed by atoms with E-state index in [1.54, 1.807) is 16.9 Å². The number of rotatable bonds is 3. The summed E-state index contributed by atoms with van der Waals surface area (Å²) < 4.78 is 13.6. The fraction of sp³-hybridized carbons (Fsp3) is 0.500. The Morgan fingerprint density at radius 2 is 2.53 bits per heavy atom. The van der Waals surface area contributed by atoms with Crippen molar-refractivity contribution in [3.8, 4) is 5.75 Å². The Morgan fingerprint density at radius 3 is 3.35 bits per heavy atom. The van der Waals surface area contributed by atoms with Gasteiger partial charge in [0, 0.05) is 6.61 Å². The topological polar surface area (TPSA) is 61.5 Å². The van der Waals surface area contributed by atoms with Crippen molar-refractivity contribution in [3.63, 3.8) is 0 Å². The Morgan fingerprint density at radius 1 is 1.59 bits per heavy atom. The molecule has 0 bridgehead atoms. The monoisotopic (exact) mass is 298 g/mol. The van der Waals surface area contributed by atoms with E-state index in [0.717, 1.165) is 19.4 Å². The van der Waals surface area contributed by atoms with E-state index in [4.69, 9.17) is 9.47 Å². The fourth-order valence-corrected chi connectivity index (χ4v) is 2.19. The molecule has 1 aliphatic heterocycles. The minimum atomic E-state index is 0.182. The van der Waals surface area contributed by atoms with Crippen LogP contribution in [0.5, 0.6) is 5.75 Å². The molecule has 1 atom stereocenters. The lowest BCUT2D eigenvalue weighted by Crippen LogP contribution is -2.16. The maximum Gasteiger partial charge on any atom is 0.206 e. The van der Waals surface area contributed by atoms with Crippen LogP contribution in [0.25, 0.3) is 5.65 Å². The quantitative estimate of drug-likeness (QED) is 0.803. The summed E-state index contributed by atoms with van der Waals surface area (Å²) in [6.07, 6.45) is 5.57. The van der Waals surface area contributed by atoms with E-state index in [9.17, 15) is 0 Å². The molecule has 6 nitrogen and oxygen atoms in total. The highest BCUT2D eigenvalue weighted by Gasteiger charge is 2.17. The summed E-state index contributed by atoms with van der Waals surface area (Å²) in [5, 5.41) is 7.84. The predicted molar refractivity (Wildman–Crippen MR) is 63.0 cm³/mol. The van der Waals surface area contributed by atoms with Crippen molar-refractivity contribution >= 4 is 21.6 Å². The standard InChI is InChI=1S/C10H11BrN4O2/c11-10-12-4-8(9-14-13-6-15(9)10)17-5-7-2-1-3-16-7/h4,6-7H,1-3,5H2. The summed E-state index contributed by atoms with van der Waals surface area (Å²) in [7, 11) is 0. The van der Waals surface area contributed by atoms with E-state index >= 15 is 0 Å². The van der Waals surface area contributed by atoms with Gasteiger partial charge in [-0.3, -0.25) is 4.40 Å². The van der Waals surface area contributed by atoms with Gasteiger partial charge >= 0.3 is 0 Å². The molecule has 3 rings (SSSR count). The first kappa shape index (κ1) is 10.9. The van der Waals surface area contributed by atoms with Crippen molar-refractivity contribution in [2.75, 3.05) is 13.2 Å². The van der Waals surface area contributed by atoms with Crippen molar-refractivity contribution in [3.05, 3.63) is 17.3 Å². The summed E-state index contributed by atoms with van der Waals surface area (Å²) in [5.74, 6) is 0.626. The van der Waals surface area contributed by atoms with Crippen LogP contribution in [0.1, 0.15) is 12.8 Å². The van der Waals surface area contributed by atoms with Gasteiger partial charge < -0.3 is 9.47 Å². The van der Waals surface area contributed by atoms with Gasteiger partial charge in [0.2, 0.25) is 5.65 Å². The minimum absolute atomic E-state index is 0.182. The fourth-order valence-electron chi connectivity index (χ4n) is 1.83. The molecule has 17 heavy (non-hydrogen) atoms. The van der Waals surface area contributed by atoms with Crippen LogP contribution in [0.3, 0.4) is 0 Å². The number of ether oxygens (including phenoxy) is 2. The van der Waals surface area contributed by atoms with Crippen molar-refractivity contribution < 1.29 is 9.47 Å². The highest BCUT2D eigenvalue weighted by molar-refractivity contribution is 9.10. The number of hydrogen-bond donors (Lipinski definition) is 0. The van der Waals surface area contributed by atoms with Crippen LogP contribution in [-0.4, -0.2) is 38.9 Å². The molecule has 1 fully saturated rings. The van der Waals surface area contributed by atoms with E-state index in [2.05, 4.69) is 31.1 Å². The highest BCUT2D eigenvalue weighted by Crippen LogP contribution is 2.21. The van der Waals surface area contributed by atoms with Crippen LogP contribution in [0.2, 0.25) is 0 Å². The Balaban J connectivity index is 1.80. The second kappa shape index (κ2) is 4.58. The van der Waals surface area contributed by atoms with Crippen molar-refractivity contribution in [1.82, 2.24) is 19.6 Å². The number of halogens is 1. The van der Waals surface area contributed by atoms with Crippen molar-refractivity contribution in [1.29, 1.82) is 0 Å². The second-order valence-corrected chi connectivity index (χ2v) is 4.57. The van der Waals surface area contributed by atoms with Gasteiger partial charge in [0.05, 0.1) is 12.3 Å². The number of fused-ring (bicyclic) bond motifs is 1. The zero-order valence-electron chi connectivity index (χ0n) is 9.04. The second-order valence-electron chi connectivity index (χ2n) is 3.86. The molecule has 2 aromatic heterocycles. The van der Waals surface area contributed by atoms with Gasteiger partial charge in [0.1, 0.15) is 12.9 Å². The smallest absolute Gasteiger partial charge is 0.206 e. The highest BCUT2D eigenvalue weighted by atomic mass is 79.9. The first-order valence-electron chi connectivity index (χ1n) is 5.43. The summed E-state index contributed by atoms with van der Waals surface area (Å²) in [6.45, 7) is 1.36. The third-order valence-electron chi connectivity index (χ3n) is 2.70. The molecule has 7 heteroatoms. The number of nitrogens with zero attached hydrogens (tertiary/aromatic N) is 4.